The molecule has 1 aromatic rings. The molecule has 0 saturated heterocycles. The topological polar surface area (TPSA) is 62.5 Å². The number of pyridine rings is 1. The molecular formula is C12H12F2N2O2. The fourth-order valence-electron chi connectivity index (χ4n) is 2.08. The van der Waals surface area contributed by atoms with E-state index in [1.165, 1.54) is 6.07 Å². The Balaban J connectivity index is 2.41. The molecule has 0 spiro atoms. The van der Waals surface area contributed by atoms with Gasteiger partial charge in [-0.3, -0.25) is 4.99 Å². The molecule has 0 saturated carbocycles. The average molecular weight is 254 g/mol. The minimum Gasteiger partial charge on any atom is -0.479 e. The van der Waals surface area contributed by atoms with E-state index in [0.717, 1.165) is 6.07 Å². The molecule has 0 amide bonds. The van der Waals surface area contributed by atoms with E-state index in [-0.39, 0.29) is 5.56 Å². The lowest BCUT2D eigenvalue weighted by atomic mass is 9.94. The van der Waals surface area contributed by atoms with Crippen molar-refractivity contribution >= 4 is 11.7 Å². The van der Waals surface area contributed by atoms with Gasteiger partial charge in [-0.2, -0.15) is 13.8 Å². The van der Waals surface area contributed by atoms with Crippen LogP contribution < -0.4 is 0 Å². The van der Waals surface area contributed by atoms with Gasteiger partial charge in [0.1, 0.15) is 0 Å². The lowest BCUT2D eigenvalue weighted by molar-refractivity contribution is -0.143. The zero-order valence-corrected chi connectivity index (χ0v) is 9.78. The second kappa shape index (κ2) is 4.44. The summed E-state index contributed by atoms with van der Waals surface area (Å²) >= 11 is 0. The van der Waals surface area contributed by atoms with Crippen molar-refractivity contribution < 1.29 is 18.7 Å². The maximum absolute atomic E-state index is 13.5. The van der Waals surface area contributed by atoms with Gasteiger partial charge in [-0.15, -0.1) is 0 Å². The molecule has 18 heavy (non-hydrogen) atoms. The fourth-order valence-corrected chi connectivity index (χ4v) is 2.08. The van der Waals surface area contributed by atoms with Gasteiger partial charge in [0.05, 0.1) is 5.56 Å². The monoisotopic (exact) mass is 254 g/mol. The number of rotatable bonds is 3. The molecule has 0 aromatic carbocycles. The molecule has 1 aliphatic heterocycles. The highest BCUT2D eigenvalue weighted by Gasteiger charge is 2.41. The standard InChI is InChI=1S/C12H12F2N2O2/c1-2-12(11(17)18)6-5-8(16-12)7-3-4-9(13)15-10(7)14/h3-4H,2,5-6H2,1H3,(H,17,18). The summed E-state index contributed by atoms with van der Waals surface area (Å²) in [5.41, 5.74) is -0.770. The van der Waals surface area contributed by atoms with E-state index < -0.39 is 23.4 Å². The maximum atomic E-state index is 13.5. The molecule has 1 unspecified atom stereocenters. The average Bonchev–Trinajstić information content (AvgIpc) is 2.74. The number of nitrogens with zero attached hydrogens (tertiary/aromatic N) is 2. The predicted octanol–water partition coefficient (Wildman–Crippen LogP) is 2.18. The Bertz CT molecular complexity index is 531. The van der Waals surface area contributed by atoms with Crippen molar-refractivity contribution in [1.29, 1.82) is 0 Å². The molecule has 4 nitrogen and oxygen atoms in total. The van der Waals surface area contributed by atoms with Crippen LogP contribution in [0.25, 0.3) is 0 Å². The summed E-state index contributed by atoms with van der Waals surface area (Å²) in [6.45, 7) is 1.72. The molecule has 0 radical (unpaired) electrons. The summed E-state index contributed by atoms with van der Waals surface area (Å²) in [6.07, 6.45) is 1.01. The summed E-state index contributed by atoms with van der Waals surface area (Å²) in [5, 5.41) is 9.17. The van der Waals surface area contributed by atoms with E-state index in [1.807, 2.05) is 0 Å². The molecular weight excluding hydrogens is 242 g/mol. The normalized spacial score (nSPS) is 22.9. The first kappa shape index (κ1) is 12.6. The minimum atomic E-state index is -1.18. The molecule has 96 valence electrons. The molecule has 0 fully saturated rings. The number of hydrogen-bond donors (Lipinski definition) is 1. The van der Waals surface area contributed by atoms with E-state index in [9.17, 15) is 13.6 Å². The maximum Gasteiger partial charge on any atom is 0.331 e. The Kier molecular flexibility index (Phi) is 3.11. The smallest absolute Gasteiger partial charge is 0.331 e. The van der Waals surface area contributed by atoms with Gasteiger partial charge in [0.25, 0.3) is 0 Å². The van der Waals surface area contributed by atoms with Crippen LogP contribution in [0.15, 0.2) is 17.1 Å². The van der Waals surface area contributed by atoms with Crippen LogP contribution in [0.3, 0.4) is 0 Å². The van der Waals surface area contributed by atoms with Crippen LogP contribution in [0.2, 0.25) is 0 Å². The number of halogens is 2. The Morgan fingerprint density at radius 3 is 2.72 bits per heavy atom. The number of carboxylic acids is 1. The van der Waals surface area contributed by atoms with E-state index in [1.54, 1.807) is 6.92 Å². The summed E-state index contributed by atoms with van der Waals surface area (Å²) in [4.78, 5) is 18.4. The van der Waals surface area contributed by atoms with Crippen molar-refractivity contribution in [2.45, 2.75) is 31.7 Å². The van der Waals surface area contributed by atoms with Crippen molar-refractivity contribution in [3.8, 4) is 0 Å². The zero-order valence-electron chi connectivity index (χ0n) is 9.78. The number of aliphatic carboxylic acids is 1. The van der Waals surface area contributed by atoms with E-state index in [4.69, 9.17) is 5.11 Å². The van der Waals surface area contributed by atoms with Gasteiger partial charge >= 0.3 is 5.97 Å². The van der Waals surface area contributed by atoms with Crippen LogP contribution in [0.1, 0.15) is 31.7 Å². The first-order chi connectivity index (χ1) is 8.48. The quantitative estimate of drug-likeness (QED) is 0.841. The Morgan fingerprint density at radius 2 is 2.22 bits per heavy atom. The summed E-state index contributed by atoms with van der Waals surface area (Å²) in [7, 11) is 0. The van der Waals surface area contributed by atoms with E-state index in [2.05, 4.69) is 9.98 Å². The van der Waals surface area contributed by atoms with Crippen LogP contribution in [0, 0.1) is 11.9 Å². The summed E-state index contributed by atoms with van der Waals surface area (Å²) in [6, 6.07) is 2.28. The number of hydrogen-bond acceptors (Lipinski definition) is 3. The first-order valence-corrected chi connectivity index (χ1v) is 5.63. The van der Waals surface area contributed by atoms with Gasteiger partial charge in [-0.05, 0) is 31.4 Å². The molecule has 6 heteroatoms. The zero-order chi connectivity index (χ0) is 13.3. The van der Waals surface area contributed by atoms with E-state index >= 15 is 0 Å². The van der Waals surface area contributed by atoms with Crippen LogP contribution >= 0.6 is 0 Å². The number of carboxylic acid groups (broad SMARTS) is 1. The second-order valence-electron chi connectivity index (χ2n) is 4.22. The van der Waals surface area contributed by atoms with Crippen LogP contribution in [0.4, 0.5) is 8.78 Å². The molecule has 1 aliphatic rings. The molecule has 2 heterocycles. The third-order valence-electron chi connectivity index (χ3n) is 3.23. The van der Waals surface area contributed by atoms with Crippen molar-refractivity contribution in [3.63, 3.8) is 0 Å². The third-order valence-corrected chi connectivity index (χ3v) is 3.23. The first-order valence-electron chi connectivity index (χ1n) is 5.63. The minimum absolute atomic E-state index is 0.0768. The Morgan fingerprint density at radius 1 is 1.50 bits per heavy atom. The summed E-state index contributed by atoms with van der Waals surface area (Å²) < 4.78 is 26.2. The molecule has 1 aromatic heterocycles. The highest BCUT2D eigenvalue weighted by molar-refractivity contribution is 6.04. The second-order valence-corrected chi connectivity index (χ2v) is 4.22. The van der Waals surface area contributed by atoms with Crippen molar-refractivity contribution in [3.05, 3.63) is 29.6 Å². The Labute approximate surface area is 102 Å². The molecule has 0 aliphatic carbocycles. The van der Waals surface area contributed by atoms with Gasteiger partial charge in [0.2, 0.25) is 11.9 Å². The highest BCUT2D eigenvalue weighted by atomic mass is 19.1. The fraction of sp³-hybridized carbons (Fsp3) is 0.417. The molecule has 0 bridgehead atoms. The van der Waals surface area contributed by atoms with Crippen molar-refractivity contribution in [1.82, 2.24) is 4.98 Å². The van der Waals surface area contributed by atoms with Gasteiger partial charge in [-0.25, -0.2) is 4.79 Å². The SMILES string of the molecule is CCC1(C(=O)O)CCC(c2ccc(F)nc2F)=N1. The van der Waals surface area contributed by atoms with Crippen LogP contribution in [-0.2, 0) is 4.79 Å². The van der Waals surface area contributed by atoms with Crippen molar-refractivity contribution in [2.75, 3.05) is 0 Å². The Hall–Kier alpha value is -1.85. The predicted molar refractivity (Wildman–Crippen MR) is 60.6 cm³/mol. The summed E-state index contributed by atoms with van der Waals surface area (Å²) in [5.74, 6) is -2.88. The van der Waals surface area contributed by atoms with Crippen molar-refractivity contribution in [2.24, 2.45) is 4.99 Å². The molecule has 1 atom stereocenters. The van der Waals surface area contributed by atoms with Crippen LogP contribution in [-0.4, -0.2) is 27.3 Å². The number of aliphatic imine (C=N–C) groups is 1. The number of carbonyl (C=O) groups is 1. The lowest BCUT2D eigenvalue weighted by Crippen LogP contribution is -2.33. The van der Waals surface area contributed by atoms with Gasteiger partial charge in [0, 0.05) is 5.71 Å². The van der Waals surface area contributed by atoms with E-state index in [0.29, 0.717) is 25.0 Å². The highest BCUT2D eigenvalue weighted by Crippen LogP contribution is 2.32. The number of aromatic nitrogens is 1. The largest absolute Gasteiger partial charge is 0.479 e. The van der Waals surface area contributed by atoms with Gasteiger partial charge in [0.15, 0.2) is 5.54 Å². The van der Waals surface area contributed by atoms with Gasteiger partial charge < -0.3 is 5.11 Å². The molecule has 1 N–H and O–H groups in total. The third kappa shape index (κ3) is 1.98. The van der Waals surface area contributed by atoms with Gasteiger partial charge in [-0.1, -0.05) is 6.92 Å². The molecule has 2 rings (SSSR count). The lowest BCUT2D eigenvalue weighted by Gasteiger charge is -2.17. The van der Waals surface area contributed by atoms with Crippen LogP contribution in [0.5, 0.6) is 0 Å².